The first kappa shape index (κ1) is 16.3. The van der Waals surface area contributed by atoms with Crippen LogP contribution in [-0.2, 0) is 16.9 Å². The van der Waals surface area contributed by atoms with Gasteiger partial charge in [0, 0.05) is 30.8 Å². The van der Waals surface area contributed by atoms with E-state index in [1.165, 1.54) is 6.26 Å². The molecule has 24 heavy (non-hydrogen) atoms. The van der Waals surface area contributed by atoms with Gasteiger partial charge in [0.05, 0.1) is 12.0 Å². The molecule has 124 valence electrons. The summed E-state index contributed by atoms with van der Waals surface area (Å²) >= 11 is 0. The summed E-state index contributed by atoms with van der Waals surface area (Å²) < 4.78 is 31.8. The Morgan fingerprint density at radius 1 is 0.958 bits per heavy atom. The van der Waals surface area contributed by atoms with Crippen molar-refractivity contribution in [2.24, 2.45) is 7.05 Å². The third-order valence-electron chi connectivity index (χ3n) is 4.03. The van der Waals surface area contributed by atoms with Crippen LogP contribution in [0.4, 0.5) is 0 Å². The van der Waals surface area contributed by atoms with Crippen molar-refractivity contribution >= 4 is 9.84 Å². The molecule has 1 heterocycles. The molecule has 3 aromatic rings. The Bertz CT molecular complexity index is 970. The first-order chi connectivity index (χ1) is 11.4. The molecule has 3 rings (SSSR count). The van der Waals surface area contributed by atoms with E-state index in [9.17, 15) is 8.42 Å². The SMILES string of the molecule is COc1ccc(-c2cccc(S(C)(=O)=O)c2-c2cccn2C)cc1. The number of hydrogen-bond acceptors (Lipinski definition) is 3. The summed E-state index contributed by atoms with van der Waals surface area (Å²) in [6.07, 6.45) is 3.15. The maximum absolute atomic E-state index is 12.3. The van der Waals surface area contributed by atoms with E-state index in [1.807, 2.05) is 60.3 Å². The van der Waals surface area contributed by atoms with Crippen LogP contribution in [0.3, 0.4) is 0 Å². The highest BCUT2D eigenvalue weighted by molar-refractivity contribution is 7.90. The van der Waals surface area contributed by atoms with E-state index >= 15 is 0 Å². The molecule has 0 fully saturated rings. The average molecular weight is 341 g/mol. The molecule has 0 aliphatic rings. The quantitative estimate of drug-likeness (QED) is 0.726. The minimum Gasteiger partial charge on any atom is -0.497 e. The van der Waals surface area contributed by atoms with Gasteiger partial charge in [0.1, 0.15) is 5.75 Å². The summed E-state index contributed by atoms with van der Waals surface area (Å²) in [6, 6.07) is 16.8. The number of benzene rings is 2. The maximum atomic E-state index is 12.3. The van der Waals surface area contributed by atoms with Gasteiger partial charge in [-0.15, -0.1) is 0 Å². The number of aryl methyl sites for hydroxylation is 1. The largest absolute Gasteiger partial charge is 0.497 e. The Balaban J connectivity index is 2.32. The maximum Gasteiger partial charge on any atom is 0.176 e. The predicted molar refractivity (Wildman–Crippen MR) is 95.9 cm³/mol. The third kappa shape index (κ3) is 2.95. The van der Waals surface area contributed by atoms with Crippen molar-refractivity contribution in [1.29, 1.82) is 0 Å². The number of methoxy groups -OCH3 is 1. The van der Waals surface area contributed by atoms with Crippen LogP contribution in [-0.4, -0.2) is 26.4 Å². The summed E-state index contributed by atoms with van der Waals surface area (Å²) in [5.74, 6) is 0.762. The van der Waals surface area contributed by atoms with Crippen LogP contribution in [0.25, 0.3) is 22.4 Å². The van der Waals surface area contributed by atoms with Crippen molar-refractivity contribution in [1.82, 2.24) is 4.57 Å². The molecule has 0 bridgehead atoms. The minimum absolute atomic E-state index is 0.331. The lowest BCUT2D eigenvalue weighted by Gasteiger charge is -2.15. The van der Waals surface area contributed by atoms with E-state index in [0.717, 1.165) is 28.1 Å². The summed E-state index contributed by atoms with van der Waals surface area (Å²) in [4.78, 5) is 0.331. The monoisotopic (exact) mass is 341 g/mol. The van der Waals surface area contributed by atoms with Gasteiger partial charge in [0.15, 0.2) is 9.84 Å². The van der Waals surface area contributed by atoms with Crippen molar-refractivity contribution in [3.8, 4) is 28.1 Å². The summed E-state index contributed by atoms with van der Waals surface area (Å²) in [5, 5.41) is 0. The van der Waals surface area contributed by atoms with Gasteiger partial charge in [0.25, 0.3) is 0 Å². The Kier molecular flexibility index (Phi) is 4.20. The molecule has 2 aromatic carbocycles. The molecule has 1 aromatic heterocycles. The fraction of sp³-hybridized carbons (Fsp3) is 0.158. The number of aromatic nitrogens is 1. The van der Waals surface area contributed by atoms with Crippen LogP contribution >= 0.6 is 0 Å². The molecular formula is C19H19NO3S. The van der Waals surface area contributed by atoms with Crippen LogP contribution in [0.1, 0.15) is 0 Å². The van der Waals surface area contributed by atoms with Crippen LogP contribution in [0.5, 0.6) is 5.75 Å². The zero-order valence-corrected chi connectivity index (χ0v) is 14.7. The first-order valence-electron chi connectivity index (χ1n) is 7.51. The molecule has 0 N–H and O–H groups in total. The van der Waals surface area contributed by atoms with E-state index in [1.54, 1.807) is 19.2 Å². The van der Waals surface area contributed by atoms with Crippen LogP contribution < -0.4 is 4.74 Å². The fourth-order valence-electron chi connectivity index (χ4n) is 2.84. The number of ether oxygens (including phenoxy) is 1. The van der Waals surface area contributed by atoms with Crippen LogP contribution in [0.2, 0.25) is 0 Å². The molecule has 0 saturated heterocycles. The van der Waals surface area contributed by atoms with Gasteiger partial charge in [-0.2, -0.15) is 0 Å². The standard InChI is InChI=1S/C19H19NO3S/c1-20-13-5-7-17(20)19-16(6-4-8-18(19)24(3,21)22)14-9-11-15(23-2)12-10-14/h4-13H,1-3H3. The first-order valence-corrected chi connectivity index (χ1v) is 9.40. The third-order valence-corrected chi connectivity index (χ3v) is 5.17. The molecule has 0 amide bonds. The van der Waals surface area contributed by atoms with Gasteiger partial charge in [-0.05, 0) is 41.5 Å². The number of nitrogens with zero attached hydrogens (tertiary/aromatic N) is 1. The molecule has 0 aliphatic heterocycles. The molecule has 4 nitrogen and oxygen atoms in total. The van der Waals surface area contributed by atoms with Gasteiger partial charge < -0.3 is 9.30 Å². The Morgan fingerprint density at radius 2 is 1.67 bits per heavy atom. The van der Waals surface area contributed by atoms with Crippen molar-refractivity contribution in [3.63, 3.8) is 0 Å². The zero-order chi connectivity index (χ0) is 17.3. The van der Waals surface area contributed by atoms with Crippen molar-refractivity contribution in [3.05, 3.63) is 60.8 Å². The van der Waals surface area contributed by atoms with Gasteiger partial charge in [-0.25, -0.2) is 8.42 Å². The van der Waals surface area contributed by atoms with Gasteiger partial charge in [-0.1, -0.05) is 24.3 Å². The summed E-state index contributed by atoms with van der Waals surface area (Å²) in [5.41, 5.74) is 3.40. The second-order valence-corrected chi connectivity index (χ2v) is 7.67. The van der Waals surface area contributed by atoms with E-state index in [2.05, 4.69) is 0 Å². The van der Waals surface area contributed by atoms with Crippen LogP contribution in [0, 0.1) is 0 Å². The molecule has 0 saturated carbocycles. The van der Waals surface area contributed by atoms with E-state index < -0.39 is 9.84 Å². The summed E-state index contributed by atoms with van der Waals surface area (Å²) in [6.45, 7) is 0. The lowest BCUT2D eigenvalue weighted by Crippen LogP contribution is -2.03. The highest BCUT2D eigenvalue weighted by Gasteiger charge is 2.20. The van der Waals surface area contributed by atoms with Crippen molar-refractivity contribution < 1.29 is 13.2 Å². The topological polar surface area (TPSA) is 48.3 Å². The molecule has 0 radical (unpaired) electrons. The second-order valence-electron chi connectivity index (χ2n) is 5.68. The van der Waals surface area contributed by atoms with Crippen molar-refractivity contribution in [2.45, 2.75) is 4.90 Å². The Labute approximate surface area is 142 Å². The van der Waals surface area contributed by atoms with Crippen LogP contribution in [0.15, 0.2) is 65.7 Å². The molecule has 0 atom stereocenters. The lowest BCUT2D eigenvalue weighted by atomic mass is 9.97. The van der Waals surface area contributed by atoms with Gasteiger partial charge in [-0.3, -0.25) is 0 Å². The molecule has 0 spiro atoms. The Hall–Kier alpha value is -2.53. The molecule has 0 unspecified atom stereocenters. The fourth-order valence-corrected chi connectivity index (χ4v) is 3.75. The van der Waals surface area contributed by atoms with E-state index in [-0.39, 0.29) is 0 Å². The van der Waals surface area contributed by atoms with Gasteiger partial charge in [0.2, 0.25) is 0 Å². The van der Waals surface area contributed by atoms with Crippen molar-refractivity contribution in [2.75, 3.05) is 13.4 Å². The minimum atomic E-state index is -3.36. The van der Waals surface area contributed by atoms with Gasteiger partial charge >= 0.3 is 0 Å². The predicted octanol–water partition coefficient (Wildman–Crippen LogP) is 3.77. The molecule has 5 heteroatoms. The molecule has 0 aliphatic carbocycles. The zero-order valence-electron chi connectivity index (χ0n) is 13.9. The average Bonchev–Trinajstić information content (AvgIpc) is 2.99. The second kappa shape index (κ2) is 6.17. The Morgan fingerprint density at radius 3 is 2.21 bits per heavy atom. The smallest absolute Gasteiger partial charge is 0.176 e. The lowest BCUT2D eigenvalue weighted by molar-refractivity contribution is 0.415. The summed E-state index contributed by atoms with van der Waals surface area (Å²) in [7, 11) is 0.171. The number of sulfone groups is 1. The van der Waals surface area contributed by atoms with E-state index in [0.29, 0.717) is 4.90 Å². The van der Waals surface area contributed by atoms with E-state index in [4.69, 9.17) is 4.74 Å². The molecular weight excluding hydrogens is 322 g/mol. The number of rotatable bonds is 4. The highest BCUT2D eigenvalue weighted by Crippen LogP contribution is 2.37. The number of hydrogen-bond donors (Lipinski definition) is 0. The highest BCUT2D eigenvalue weighted by atomic mass is 32.2. The normalized spacial score (nSPS) is 11.5.